The van der Waals surface area contributed by atoms with Crippen molar-refractivity contribution >= 4 is 15.8 Å². The zero-order chi connectivity index (χ0) is 13.4. The summed E-state index contributed by atoms with van der Waals surface area (Å²) in [5.41, 5.74) is 0. The van der Waals surface area contributed by atoms with Crippen LogP contribution in [0.1, 0.15) is 13.3 Å². The predicted octanol–water partition coefficient (Wildman–Crippen LogP) is 1.71. The summed E-state index contributed by atoms with van der Waals surface area (Å²) in [6.45, 7) is 1.70. The normalized spacial score (nSPS) is 26.7. The van der Waals surface area contributed by atoms with Gasteiger partial charge in [-0.15, -0.1) is 0 Å². The third-order valence-corrected chi connectivity index (χ3v) is 5.15. The monoisotopic (exact) mass is 272 g/mol. The fourth-order valence-electron chi connectivity index (χ4n) is 1.81. The van der Waals surface area contributed by atoms with E-state index < -0.39 is 26.7 Å². The first-order valence-corrected chi connectivity index (χ1v) is 7.07. The molecule has 0 amide bonds. The topological polar surface area (TPSA) is 60.4 Å². The number of halogens is 1. The van der Waals surface area contributed by atoms with Crippen LogP contribution in [0.2, 0.25) is 0 Å². The molecule has 0 aliphatic heterocycles. The molecule has 2 rings (SSSR count). The minimum Gasteiger partial charge on any atom is -0.466 e. The quantitative estimate of drug-likeness (QED) is 0.783. The van der Waals surface area contributed by atoms with E-state index in [0.29, 0.717) is 0 Å². The van der Waals surface area contributed by atoms with Crippen molar-refractivity contribution in [3.8, 4) is 0 Å². The third kappa shape index (κ3) is 1.90. The minimum atomic E-state index is -4.15. The van der Waals surface area contributed by atoms with E-state index >= 15 is 0 Å². The molecule has 0 saturated heterocycles. The molecule has 2 atom stereocenters. The Morgan fingerprint density at radius 1 is 1.44 bits per heavy atom. The number of ether oxygens (including phenoxy) is 1. The zero-order valence-electron chi connectivity index (χ0n) is 9.80. The summed E-state index contributed by atoms with van der Waals surface area (Å²) in [4.78, 5) is 11.3. The van der Waals surface area contributed by atoms with Crippen LogP contribution in [0.3, 0.4) is 0 Å². The smallest absolute Gasteiger partial charge is 0.313 e. The largest absolute Gasteiger partial charge is 0.466 e. The van der Waals surface area contributed by atoms with Crippen molar-refractivity contribution in [1.82, 2.24) is 0 Å². The summed E-state index contributed by atoms with van der Waals surface area (Å²) < 4.78 is 43.1. The van der Waals surface area contributed by atoms with E-state index in [2.05, 4.69) is 4.74 Å². The molecule has 1 aromatic rings. The second kappa shape index (κ2) is 4.35. The Morgan fingerprint density at radius 3 is 2.61 bits per heavy atom. The van der Waals surface area contributed by atoms with Crippen LogP contribution < -0.4 is 0 Å². The van der Waals surface area contributed by atoms with Crippen LogP contribution in [-0.2, 0) is 19.4 Å². The van der Waals surface area contributed by atoms with Crippen molar-refractivity contribution in [3.63, 3.8) is 0 Å². The molecule has 18 heavy (non-hydrogen) atoms. The van der Waals surface area contributed by atoms with Gasteiger partial charge in [-0.2, -0.15) is 0 Å². The van der Waals surface area contributed by atoms with Crippen molar-refractivity contribution in [2.24, 2.45) is 5.92 Å². The van der Waals surface area contributed by atoms with E-state index in [4.69, 9.17) is 0 Å². The van der Waals surface area contributed by atoms with Crippen LogP contribution in [0.4, 0.5) is 4.39 Å². The number of sulfone groups is 1. The fourth-order valence-corrected chi connectivity index (χ4v) is 3.58. The Bertz CT molecular complexity index is 555. The summed E-state index contributed by atoms with van der Waals surface area (Å²) in [5.74, 6) is -2.00. The van der Waals surface area contributed by atoms with Gasteiger partial charge in [-0.05, 0) is 19.1 Å². The van der Waals surface area contributed by atoms with Gasteiger partial charge in [-0.25, -0.2) is 12.8 Å². The molecule has 1 fully saturated rings. The average Bonchev–Trinajstić information content (AvgIpc) is 3.05. The van der Waals surface area contributed by atoms with Gasteiger partial charge in [-0.3, -0.25) is 4.79 Å². The van der Waals surface area contributed by atoms with Crippen molar-refractivity contribution < 1.29 is 22.3 Å². The molecule has 0 spiro atoms. The number of alkyl halides is 1. The molecule has 0 radical (unpaired) electrons. The van der Waals surface area contributed by atoms with E-state index in [1.807, 2.05) is 0 Å². The minimum absolute atomic E-state index is 0.108. The van der Waals surface area contributed by atoms with E-state index in [-0.39, 0.29) is 17.9 Å². The number of rotatable bonds is 4. The van der Waals surface area contributed by atoms with Crippen LogP contribution >= 0.6 is 0 Å². The number of benzene rings is 1. The van der Waals surface area contributed by atoms with Gasteiger partial charge < -0.3 is 4.74 Å². The Morgan fingerprint density at radius 2 is 2.06 bits per heavy atom. The van der Waals surface area contributed by atoms with E-state index in [9.17, 15) is 17.6 Å². The zero-order valence-corrected chi connectivity index (χ0v) is 10.6. The SMILES string of the molecule is CCOC(=O)[C@H]1C[C@@]1(F)S(=O)(=O)c1ccccc1. The number of hydrogen-bond acceptors (Lipinski definition) is 4. The first kappa shape index (κ1) is 13.0. The second-order valence-electron chi connectivity index (χ2n) is 4.11. The highest BCUT2D eigenvalue weighted by molar-refractivity contribution is 7.93. The maximum Gasteiger partial charge on any atom is 0.313 e. The molecule has 0 unspecified atom stereocenters. The molecule has 0 bridgehead atoms. The van der Waals surface area contributed by atoms with E-state index in [0.717, 1.165) is 0 Å². The molecular weight excluding hydrogens is 259 g/mol. The number of esters is 1. The van der Waals surface area contributed by atoms with Gasteiger partial charge >= 0.3 is 5.97 Å². The first-order chi connectivity index (χ1) is 8.43. The van der Waals surface area contributed by atoms with Crippen LogP contribution in [-0.4, -0.2) is 26.0 Å². The predicted molar refractivity (Wildman–Crippen MR) is 62.2 cm³/mol. The fraction of sp³-hybridized carbons (Fsp3) is 0.417. The van der Waals surface area contributed by atoms with Crippen LogP contribution in [0.15, 0.2) is 35.2 Å². The molecule has 0 aromatic heterocycles. The highest BCUT2D eigenvalue weighted by atomic mass is 32.2. The summed E-state index contributed by atoms with van der Waals surface area (Å²) in [7, 11) is -4.15. The molecule has 0 heterocycles. The van der Waals surface area contributed by atoms with Gasteiger partial charge in [0.25, 0.3) is 0 Å². The van der Waals surface area contributed by atoms with Crippen LogP contribution in [0.25, 0.3) is 0 Å². The van der Waals surface area contributed by atoms with Crippen molar-refractivity contribution in [1.29, 1.82) is 0 Å². The van der Waals surface area contributed by atoms with Crippen molar-refractivity contribution in [2.75, 3.05) is 6.61 Å². The standard InChI is InChI=1S/C12H13FO4S/c1-2-17-11(14)10-8-12(10,13)18(15,16)9-6-4-3-5-7-9/h3-7,10H,2,8H2,1H3/t10-,12-/m1/s1. The summed E-state index contributed by atoms with van der Waals surface area (Å²) >= 11 is 0. The van der Waals surface area contributed by atoms with Gasteiger partial charge in [-0.1, -0.05) is 18.2 Å². The Labute approximate surface area is 105 Å². The second-order valence-corrected chi connectivity index (χ2v) is 6.27. The lowest BCUT2D eigenvalue weighted by molar-refractivity contribution is -0.145. The average molecular weight is 272 g/mol. The molecule has 1 aromatic carbocycles. The summed E-state index contributed by atoms with van der Waals surface area (Å²) in [5, 5.41) is -2.51. The van der Waals surface area contributed by atoms with Gasteiger partial charge in [0.15, 0.2) is 0 Å². The van der Waals surface area contributed by atoms with Crippen molar-refractivity contribution in [2.45, 2.75) is 23.2 Å². The lowest BCUT2D eigenvalue weighted by Crippen LogP contribution is -2.24. The summed E-state index contributed by atoms with van der Waals surface area (Å²) in [6, 6.07) is 7.30. The van der Waals surface area contributed by atoms with Crippen LogP contribution in [0, 0.1) is 5.92 Å². The molecule has 1 aliphatic rings. The van der Waals surface area contributed by atoms with E-state index in [1.165, 1.54) is 24.3 Å². The molecule has 98 valence electrons. The van der Waals surface area contributed by atoms with Crippen LogP contribution in [0.5, 0.6) is 0 Å². The lowest BCUT2D eigenvalue weighted by atomic mass is 10.4. The molecular formula is C12H13FO4S. The molecule has 1 saturated carbocycles. The van der Waals surface area contributed by atoms with Gasteiger partial charge in [0.1, 0.15) is 5.92 Å². The molecule has 6 heteroatoms. The molecule has 0 N–H and O–H groups in total. The number of carbonyl (C=O) groups excluding carboxylic acids is 1. The highest BCUT2D eigenvalue weighted by Crippen LogP contribution is 2.54. The number of carbonyl (C=O) groups is 1. The summed E-state index contributed by atoms with van der Waals surface area (Å²) in [6.07, 6.45) is -0.330. The Hall–Kier alpha value is -1.43. The van der Waals surface area contributed by atoms with Gasteiger partial charge in [0.2, 0.25) is 14.8 Å². The molecule has 1 aliphatic carbocycles. The lowest BCUT2D eigenvalue weighted by Gasteiger charge is -2.09. The van der Waals surface area contributed by atoms with Crippen molar-refractivity contribution in [3.05, 3.63) is 30.3 Å². The Kier molecular flexibility index (Phi) is 3.14. The Balaban J connectivity index is 2.26. The van der Waals surface area contributed by atoms with E-state index in [1.54, 1.807) is 13.0 Å². The molecule has 4 nitrogen and oxygen atoms in total. The number of hydrogen-bond donors (Lipinski definition) is 0. The van der Waals surface area contributed by atoms with Gasteiger partial charge in [0, 0.05) is 6.42 Å². The first-order valence-electron chi connectivity index (χ1n) is 5.58. The maximum absolute atomic E-state index is 14.3. The maximum atomic E-state index is 14.3. The third-order valence-electron chi connectivity index (χ3n) is 2.91. The van der Waals surface area contributed by atoms with Gasteiger partial charge in [0.05, 0.1) is 11.5 Å². The highest BCUT2D eigenvalue weighted by Gasteiger charge is 2.69.